The molecule has 0 radical (unpaired) electrons. The van der Waals surface area contributed by atoms with Gasteiger partial charge in [-0.3, -0.25) is 10.2 Å². The summed E-state index contributed by atoms with van der Waals surface area (Å²) in [6.45, 7) is 1.32. The molecule has 0 saturated carbocycles. The van der Waals surface area contributed by atoms with Crippen molar-refractivity contribution in [2.45, 2.75) is 50.0 Å². The zero-order valence-corrected chi connectivity index (χ0v) is 15.5. The van der Waals surface area contributed by atoms with E-state index in [1.807, 2.05) is 35.8 Å². The Hall–Kier alpha value is -2.18. The molecular weight excluding hydrogens is 373 g/mol. The molecule has 1 unspecified atom stereocenters. The van der Waals surface area contributed by atoms with Gasteiger partial charge in [0.25, 0.3) is 5.91 Å². The molecule has 2 heterocycles. The van der Waals surface area contributed by atoms with Crippen LogP contribution in [0.3, 0.4) is 0 Å². The number of hydrazine groups is 1. The van der Waals surface area contributed by atoms with Crippen molar-refractivity contribution >= 4 is 5.91 Å². The number of amides is 1. The highest BCUT2D eigenvalue weighted by molar-refractivity contribution is 5.81. The standard InChI is InChI=1S/C17H24FN5O5/c1-9(18)23(22-20-2)12-13(24)15(16(25)21-19)27-11-8-26-17(28-14(11)12)10-6-4-3-5-7-10/h3-7,9,11-15,17,24H,8,19H2,1-2H3,(H,21,25)/t9?,11-,12-,13-,14+,15-,17+/m1/s1. The highest BCUT2D eigenvalue weighted by Crippen LogP contribution is 2.37. The van der Waals surface area contributed by atoms with E-state index in [1.54, 1.807) is 0 Å². The third kappa shape index (κ3) is 3.98. The van der Waals surface area contributed by atoms with Gasteiger partial charge in [-0.1, -0.05) is 35.6 Å². The summed E-state index contributed by atoms with van der Waals surface area (Å²) in [7, 11) is 1.38. The van der Waals surface area contributed by atoms with Crippen molar-refractivity contribution in [2.24, 2.45) is 16.2 Å². The number of rotatable bonds is 5. The summed E-state index contributed by atoms with van der Waals surface area (Å²) in [6, 6.07) is 8.12. The molecule has 11 heteroatoms. The molecule has 0 spiro atoms. The number of hydrogen-bond acceptors (Lipinski definition) is 8. The van der Waals surface area contributed by atoms with Gasteiger partial charge in [-0.2, -0.15) is 5.11 Å². The highest BCUT2D eigenvalue weighted by Gasteiger charge is 2.54. The Bertz CT molecular complexity index is 694. The van der Waals surface area contributed by atoms with E-state index in [2.05, 4.69) is 10.3 Å². The fourth-order valence-electron chi connectivity index (χ4n) is 3.47. The number of benzene rings is 1. The molecule has 0 aromatic heterocycles. The molecule has 2 aliphatic rings. The van der Waals surface area contributed by atoms with E-state index in [1.165, 1.54) is 14.0 Å². The van der Waals surface area contributed by atoms with E-state index < -0.39 is 49.0 Å². The summed E-state index contributed by atoms with van der Waals surface area (Å²) in [5, 5.41) is 19.2. The van der Waals surface area contributed by atoms with Crippen molar-refractivity contribution in [3.05, 3.63) is 35.9 Å². The van der Waals surface area contributed by atoms with Crippen LogP contribution in [-0.4, -0.2) is 66.4 Å². The Morgan fingerprint density at radius 3 is 2.71 bits per heavy atom. The lowest BCUT2D eigenvalue weighted by molar-refractivity contribution is -0.319. The maximum Gasteiger partial charge on any atom is 0.265 e. The van der Waals surface area contributed by atoms with Gasteiger partial charge in [0.15, 0.2) is 18.7 Å². The molecular formula is C17H24FN5O5. The number of carbonyl (C=O) groups excluding carboxylic acids is 1. The molecule has 1 aromatic carbocycles. The van der Waals surface area contributed by atoms with Crippen molar-refractivity contribution in [1.82, 2.24) is 10.4 Å². The average Bonchev–Trinajstić information content (AvgIpc) is 2.71. The fraction of sp³-hybridized carbons (Fsp3) is 0.588. The number of nitrogens with one attached hydrogen (secondary N) is 1. The van der Waals surface area contributed by atoms with E-state index in [9.17, 15) is 14.3 Å². The minimum atomic E-state index is -1.61. The van der Waals surface area contributed by atoms with Gasteiger partial charge in [0.05, 0.1) is 13.7 Å². The zero-order chi connectivity index (χ0) is 20.3. The van der Waals surface area contributed by atoms with E-state index in [-0.39, 0.29) is 6.61 Å². The Kier molecular flexibility index (Phi) is 6.52. The van der Waals surface area contributed by atoms with E-state index in [0.29, 0.717) is 0 Å². The predicted molar refractivity (Wildman–Crippen MR) is 94.0 cm³/mol. The van der Waals surface area contributed by atoms with Crippen LogP contribution in [0.2, 0.25) is 0 Å². The Balaban J connectivity index is 1.93. The summed E-state index contributed by atoms with van der Waals surface area (Å²) >= 11 is 0. The van der Waals surface area contributed by atoms with Crippen LogP contribution in [0.25, 0.3) is 0 Å². The van der Waals surface area contributed by atoms with Gasteiger partial charge < -0.3 is 19.3 Å². The summed E-state index contributed by atoms with van der Waals surface area (Å²) in [6.07, 6.45) is -6.74. The molecule has 2 aliphatic heterocycles. The van der Waals surface area contributed by atoms with Gasteiger partial charge in [0, 0.05) is 5.56 Å². The first-order valence-electron chi connectivity index (χ1n) is 8.86. The molecule has 4 N–H and O–H groups in total. The van der Waals surface area contributed by atoms with Gasteiger partial charge >= 0.3 is 0 Å². The van der Waals surface area contributed by atoms with Crippen LogP contribution in [-0.2, 0) is 19.0 Å². The SMILES string of the molecule is CN=NN(C(C)F)[C@@H]1[C@@H](O)[C@H](C(=O)NN)O[C@@H]2CO[C@H](c3ccccc3)O[C@H]12. The number of carbonyl (C=O) groups is 1. The van der Waals surface area contributed by atoms with Gasteiger partial charge in [-0.05, 0) is 6.92 Å². The first-order chi connectivity index (χ1) is 13.5. The second kappa shape index (κ2) is 8.88. The highest BCUT2D eigenvalue weighted by atomic mass is 19.1. The number of alkyl halides is 1. The Morgan fingerprint density at radius 2 is 2.11 bits per heavy atom. The second-order valence-electron chi connectivity index (χ2n) is 6.51. The van der Waals surface area contributed by atoms with Crippen LogP contribution < -0.4 is 11.3 Å². The number of aliphatic hydroxyl groups is 1. The van der Waals surface area contributed by atoms with Crippen molar-refractivity contribution < 1.29 is 28.5 Å². The molecule has 154 valence electrons. The number of aliphatic hydroxyl groups excluding tert-OH is 1. The molecule has 0 bridgehead atoms. The summed E-state index contributed by atoms with van der Waals surface area (Å²) in [5.74, 6) is 4.44. The maximum absolute atomic E-state index is 14.3. The van der Waals surface area contributed by atoms with Crippen molar-refractivity contribution in [3.63, 3.8) is 0 Å². The molecule has 7 atom stereocenters. The van der Waals surface area contributed by atoms with Crippen LogP contribution in [0.1, 0.15) is 18.8 Å². The van der Waals surface area contributed by atoms with E-state index in [0.717, 1.165) is 10.6 Å². The molecule has 2 fully saturated rings. The van der Waals surface area contributed by atoms with Crippen molar-refractivity contribution in [1.29, 1.82) is 0 Å². The van der Waals surface area contributed by atoms with Gasteiger partial charge in [0.2, 0.25) is 0 Å². The number of nitrogens with zero attached hydrogens (tertiary/aromatic N) is 3. The number of nitrogens with two attached hydrogens (primary N) is 1. The topological polar surface area (TPSA) is 131 Å². The third-order valence-corrected chi connectivity index (χ3v) is 4.71. The van der Waals surface area contributed by atoms with Crippen LogP contribution in [0.5, 0.6) is 0 Å². The summed E-state index contributed by atoms with van der Waals surface area (Å²) < 4.78 is 31.7. The van der Waals surface area contributed by atoms with Crippen LogP contribution in [0.4, 0.5) is 4.39 Å². The molecule has 10 nitrogen and oxygen atoms in total. The van der Waals surface area contributed by atoms with Crippen LogP contribution in [0, 0.1) is 0 Å². The summed E-state index contributed by atoms with van der Waals surface area (Å²) in [5.41, 5.74) is 2.70. The number of ether oxygens (including phenoxy) is 3. The monoisotopic (exact) mass is 397 g/mol. The normalized spacial score (nSPS) is 33.9. The molecule has 1 amide bonds. The molecule has 28 heavy (non-hydrogen) atoms. The number of fused-ring (bicyclic) bond motifs is 1. The Morgan fingerprint density at radius 1 is 1.39 bits per heavy atom. The molecule has 1 aromatic rings. The van der Waals surface area contributed by atoms with Crippen molar-refractivity contribution in [2.75, 3.05) is 13.7 Å². The molecule has 0 aliphatic carbocycles. The second-order valence-corrected chi connectivity index (χ2v) is 6.51. The predicted octanol–water partition coefficient (Wildman–Crippen LogP) is 0.202. The molecule has 2 saturated heterocycles. The van der Waals surface area contributed by atoms with E-state index >= 15 is 0 Å². The third-order valence-electron chi connectivity index (χ3n) is 4.71. The fourth-order valence-corrected chi connectivity index (χ4v) is 3.47. The average molecular weight is 397 g/mol. The smallest absolute Gasteiger partial charge is 0.265 e. The maximum atomic E-state index is 14.3. The van der Waals surface area contributed by atoms with Crippen LogP contribution >= 0.6 is 0 Å². The number of halogens is 1. The number of hydrogen-bond donors (Lipinski definition) is 3. The largest absolute Gasteiger partial charge is 0.388 e. The van der Waals surface area contributed by atoms with Crippen molar-refractivity contribution in [3.8, 4) is 0 Å². The van der Waals surface area contributed by atoms with E-state index in [4.69, 9.17) is 20.1 Å². The lowest BCUT2D eigenvalue weighted by atomic mass is 9.90. The minimum absolute atomic E-state index is 0.0690. The summed E-state index contributed by atoms with van der Waals surface area (Å²) in [4.78, 5) is 12.1. The van der Waals surface area contributed by atoms with Gasteiger partial charge in [-0.25, -0.2) is 15.2 Å². The quantitative estimate of drug-likeness (QED) is 0.213. The van der Waals surface area contributed by atoms with Gasteiger partial charge in [0.1, 0.15) is 24.4 Å². The molecule has 3 rings (SSSR count). The lowest BCUT2D eigenvalue weighted by Crippen LogP contribution is -2.69. The Labute approximate surface area is 161 Å². The first kappa shape index (κ1) is 20.6. The minimum Gasteiger partial charge on any atom is -0.388 e. The van der Waals surface area contributed by atoms with Gasteiger partial charge in [-0.15, -0.1) is 0 Å². The lowest BCUT2D eigenvalue weighted by Gasteiger charge is -2.50. The van der Waals surface area contributed by atoms with Crippen LogP contribution in [0.15, 0.2) is 40.7 Å². The first-order valence-corrected chi connectivity index (χ1v) is 8.86. The zero-order valence-electron chi connectivity index (χ0n) is 15.5.